The maximum Gasteiger partial charge on any atom is 0.317 e. The van der Waals surface area contributed by atoms with Gasteiger partial charge in [0.05, 0.1) is 32.6 Å². The van der Waals surface area contributed by atoms with Gasteiger partial charge in [-0.1, -0.05) is 24.3 Å². The van der Waals surface area contributed by atoms with Crippen molar-refractivity contribution in [1.29, 1.82) is 0 Å². The molecule has 1 fully saturated rings. The number of ether oxygens (including phenoxy) is 4. The predicted molar refractivity (Wildman–Crippen MR) is 116 cm³/mol. The van der Waals surface area contributed by atoms with Crippen LogP contribution in [0.25, 0.3) is 0 Å². The van der Waals surface area contributed by atoms with Crippen LogP contribution in [0.3, 0.4) is 0 Å². The summed E-state index contributed by atoms with van der Waals surface area (Å²) >= 11 is 5.73. The molecule has 2 heterocycles. The molecule has 2 aliphatic rings. The molecular formula is C22H24N2O5S. The molecule has 3 unspecified atom stereocenters. The molecule has 0 aromatic heterocycles. The minimum absolute atomic E-state index is 0.266. The monoisotopic (exact) mass is 428 g/mol. The van der Waals surface area contributed by atoms with Gasteiger partial charge in [-0.25, -0.2) is 0 Å². The maximum absolute atomic E-state index is 13.1. The number of esters is 1. The summed E-state index contributed by atoms with van der Waals surface area (Å²) in [5, 5.41) is 3.77. The first-order chi connectivity index (χ1) is 14.5. The largest absolute Gasteiger partial charge is 0.495 e. The number of para-hydroxylation sites is 3. The van der Waals surface area contributed by atoms with Gasteiger partial charge in [0.1, 0.15) is 11.7 Å². The standard InChI is InChI=1S/C22H24N2O5S/c1-5-28-20(25)17-18-13-9-8-12-16(27-4)19(13)29-22(17,2)24(21(30)23-18)14-10-6-7-11-15(14)26-3/h6-12,17-18H,5H2,1-4H3,(H,23,30). The van der Waals surface area contributed by atoms with Crippen molar-refractivity contribution in [3.63, 3.8) is 0 Å². The van der Waals surface area contributed by atoms with Crippen LogP contribution in [0.1, 0.15) is 25.5 Å². The Hall–Kier alpha value is -3.00. The van der Waals surface area contributed by atoms with Gasteiger partial charge in [-0.05, 0) is 44.3 Å². The van der Waals surface area contributed by atoms with Gasteiger partial charge in [0, 0.05) is 5.56 Å². The smallest absolute Gasteiger partial charge is 0.317 e. The highest BCUT2D eigenvalue weighted by atomic mass is 32.1. The first-order valence-electron chi connectivity index (χ1n) is 9.72. The minimum atomic E-state index is -1.17. The maximum atomic E-state index is 13.1. The van der Waals surface area contributed by atoms with E-state index in [-0.39, 0.29) is 12.6 Å². The molecule has 2 aliphatic heterocycles. The first-order valence-corrected chi connectivity index (χ1v) is 10.1. The lowest BCUT2D eigenvalue weighted by Gasteiger charge is -2.55. The highest BCUT2D eigenvalue weighted by Crippen LogP contribution is 2.53. The van der Waals surface area contributed by atoms with Gasteiger partial charge < -0.3 is 24.3 Å². The Morgan fingerprint density at radius 1 is 1.17 bits per heavy atom. The predicted octanol–water partition coefficient (Wildman–Crippen LogP) is 3.43. The molecule has 2 bridgehead atoms. The van der Waals surface area contributed by atoms with E-state index in [4.69, 9.17) is 31.2 Å². The van der Waals surface area contributed by atoms with E-state index in [9.17, 15) is 4.79 Å². The highest BCUT2D eigenvalue weighted by Gasteiger charge is 2.60. The molecule has 0 amide bonds. The molecule has 2 aromatic rings. The molecular weight excluding hydrogens is 404 g/mol. The van der Waals surface area contributed by atoms with Crippen LogP contribution in [0.15, 0.2) is 42.5 Å². The lowest BCUT2D eigenvalue weighted by molar-refractivity contribution is -0.159. The van der Waals surface area contributed by atoms with Gasteiger partial charge in [0.2, 0.25) is 5.72 Å². The Morgan fingerprint density at radius 2 is 1.87 bits per heavy atom. The third kappa shape index (κ3) is 2.94. The third-order valence-corrected chi connectivity index (χ3v) is 5.88. The van der Waals surface area contributed by atoms with Crippen molar-refractivity contribution in [2.24, 2.45) is 5.92 Å². The molecule has 4 rings (SSSR count). The molecule has 158 valence electrons. The van der Waals surface area contributed by atoms with E-state index in [0.29, 0.717) is 28.0 Å². The molecule has 3 atom stereocenters. The Labute approximate surface area is 180 Å². The summed E-state index contributed by atoms with van der Waals surface area (Å²) in [6.45, 7) is 3.89. The molecule has 0 saturated carbocycles. The van der Waals surface area contributed by atoms with E-state index in [0.717, 1.165) is 5.56 Å². The number of carbonyl (C=O) groups excluding carboxylic acids is 1. The van der Waals surface area contributed by atoms with Gasteiger partial charge >= 0.3 is 5.97 Å². The van der Waals surface area contributed by atoms with Crippen molar-refractivity contribution in [2.45, 2.75) is 25.6 Å². The summed E-state index contributed by atoms with van der Waals surface area (Å²) in [6, 6.07) is 12.6. The number of hydrogen-bond acceptors (Lipinski definition) is 6. The zero-order valence-electron chi connectivity index (χ0n) is 17.3. The van der Waals surface area contributed by atoms with Crippen molar-refractivity contribution < 1.29 is 23.7 Å². The highest BCUT2D eigenvalue weighted by molar-refractivity contribution is 7.80. The van der Waals surface area contributed by atoms with Gasteiger partial charge in [0.25, 0.3) is 0 Å². The van der Waals surface area contributed by atoms with E-state index in [1.807, 2.05) is 49.4 Å². The normalized spacial score (nSPS) is 24.3. The summed E-state index contributed by atoms with van der Waals surface area (Å²) in [5.74, 6) is 0.712. The van der Waals surface area contributed by atoms with Crippen molar-refractivity contribution in [3.05, 3.63) is 48.0 Å². The molecule has 8 heteroatoms. The lowest BCUT2D eigenvalue weighted by Crippen LogP contribution is -2.71. The fourth-order valence-electron chi connectivity index (χ4n) is 4.30. The molecule has 0 radical (unpaired) electrons. The Morgan fingerprint density at radius 3 is 2.57 bits per heavy atom. The second-order valence-electron chi connectivity index (χ2n) is 7.20. The van der Waals surface area contributed by atoms with E-state index < -0.39 is 17.7 Å². The number of anilines is 1. The van der Waals surface area contributed by atoms with Crippen LogP contribution in [-0.2, 0) is 9.53 Å². The van der Waals surface area contributed by atoms with Crippen LogP contribution in [0, 0.1) is 5.92 Å². The molecule has 2 aromatic carbocycles. The zero-order valence-corrected chi connectivity index (χ0v) is 18.1. The summed E-state index contributed by atoms with van der Waals surface area (Å²) < 4.78 is 23.1. The van der Waals surface area contributed by atoms with Crippen LogP contribution in [0.4, 0.5) is 5.69 Å². The molecule has 1 N–H and O–H groups in total. The summed E-state index contributed by atoms with van der Waals surface area (Å²) in [4.78, 5) is 14.9. The minimum Gasteiger partial charge on any atom is -0.495 e. The molecule has 0 spiro atoms. The topological polar surface area (TPSA) is 69.3 Å². The third-order valence-electron chi connectivity index (χ3n) is 5.58. The molecule has 30 heavy (non-hydrogen) atoms. The number of fused-ring (bicyclic) bond motifs is 4. The number of benzene rings is 2. The SMILES string of the molecule is CCOC(=O)C1C2NC(=S)N(c3ccccc3OC)C1(C)Oc1c(OC)cccc12. The Balaban J connectivity index is 1.94. The average molecular weight is 429 g/mol. The van der Waals surface area contributed by atoms with Gasteiger partial charge in [0.15, 0.2) is 16.6 Å². The summed E-state index contributed by atoms with van der Waals surface area (Å²) in [5.41, 5.74) is 0.313. The van der Waals surface area contributed by atoms with Crippen LogP contribution >= 0.6 is 12.2 Å². The quantitative estimate of drug-likeness (QED) is 0.574. The van der Waals surface area contributed by atoms with E-state index >= 15 is 0 Å². The number of nitrogens with one attached hydrogen (secondary N) is 1. The average Bonchev–Trinajstić information content (AvgIpc) is 2.73. The van der Waals surface area contributed by atoms with Crippen LogP contribution in [0.5, 0.6) is 17.2 Å². The number of methoxy groups -OCH3 is 2. The van der Waals surface area contributed by atoms with Gasteiger partial charge in [-0.3, -0.25) is 9.69 Å². The number of rotatable bonds is 5. The molecule has 0 aliphatic carbocycles. The summed E-state index contributed by atoms with van der Waals surface area (Å²) in [6.07, 6.45) is 0. The van der Waals surface area contributed by atoms with E-state index in [1.54, 1.807) is 26.0 Å². The number of carbonyl (C=O) groups is 1. The Bertz CT molecular complexity index is 997. The fourth-order valence-corrected chi connectivity index (χ4v) is 4.71. The summed E-state index contributed by atoms with van der Waals surface area (Å²) in [7, 11) is 3.18. The number of thiocarbonyl (C=S) groups is 1. The van der Waals surface area contributed by atoms with Gasteiger partial charge in [-0.2, -0.15) is 0 Å². The second kappa shape index (κ2) is 7.68. The fraction of sp³-hybridized carbons (Fsp3) is 0.364. The van der Waals surface area contributed by atoms with Crippen LogP contribution in [-0.4, -0.2) is 37.6 Å². The van der Waals surface area contributed by atoms with Crippen LogP contribution in [0.2, 0.25) is 0 Å². The molecule has 7 nitrogen and oxygen atoms in total. The number of nitrogens with zero attached hydrogens (tertiary/aromatic N) is 1. The van der Waals surface area contributed by atoms with E-state index in [2.05, 4.69) is 5.32 Å². The van der Waals surface area contributed by atoms with Crippen molar-refractivity contribution in [1.82, 2.24) is 5.32 Å². The first kappa shape index (κ1) is 20.3. The van der Waals surface area contributed by atoms with E-state index in [1.165, 1.54) is 0 Å². The van der Waals surface area contributed by atoms with Gasteiger partial charge in [-0.15, -0.1) is 0 Å². The molecule has 1 saturated heterocycles. The van der Waals surface area contributed by atoms with Crippen molar-refractivity contribution in [2.75, 3.05) is 25.7 Å². The van der Waals surface area contributed by atoms with Crippen LogP contribution < -0.4 is 24.4 Å². The van der Waals surface area contributed by atoms with Crippen molar-refractivity contribution >= 4 is 29.0 Å². The lowest BCUT2D eigenvalue weighted by atomic mass is 9.79. The zero-order chi connectivity index (χ0) is 21.5. The Kier molecular flexibility index (Phi) is 5.19. The number of hydrogen-bond donors (Lipinski definition) is 1. The second-order valence-corrected chi connectivity index (χ2v) is 7.59. The van der Waals surface area contributed by atoms with Crippen molar-refractivity contribution in [3.8, 4) is 17.2 Å².